The quantitative estimate of drug-likeness (QED) is 0.278. The minimum Gasteiger partial charge on any atom is -0.507 e. The number of Topliss-reactive ketones (excluding diaryl/α,β-unsaturated/α-hetero) is 1. The molecule has 37 heavy (non-hydrogen) atoms. The molecule has 2 aliphatic heterocycles. The minimum absolute atomic E-state index is 0.0473. The number of likely N-dealkylation sites (tertiary alicyclic amines) is 1. The van der Waals surface area contributed by atoms with Crippen molar-refractivity contribution in [1.82, 2.24) is 9.88 Å². The van der Waals surface area contributed by atoms with Gasteiger partial charge in [-0.1, -0.05) is 32.0 Å². The third kappa shape index (κ3) is 4.94. The minimum atomic E-state index is -0.786. The van der Waals surface area contributed by atoms with Gasteiger partial charge in [0.25, 0.3) is 11.7 Å². The molecule has 1 aromatic heterocycles. The molecule has 190 valence electrons. The second-order valence-electron chi connectivity index (χ2n) is 10.0. The SMILES string of the molecule is CC(C)COc1cccc(C2/C(=C(/O)c3ccc4c(c3)CC(C)O4)C(=O)C(=O)N2Cc2cccnc2)c1. The van der Waals surface area contributed by atoms with Crippen LogP contribution in [0.3, 0.4) is 0 Å². The first-order valence-electron chi connectivity index (χ1n) is 12.5. The fourth-order valence-corrected chi connectivity index (χ4v) is 4.84. The fraction of sp³-hybridized carbons (Fsp3) is 0.300. The van der Waals surface area contributed by atoms with Gasteiger partial charge in [-0.25, -0.2) is 0 Å². The fourth-order valence-electron chi connectivity index (χ4n) is 4.84. The van der Waals surface area contributed by atoms with Crippen molar-refractivity contribution in [2.75, 3.05) is 6.61 Å². The third-order valence-electron chi connectivity index (χ3n) is 6.54. The van der Waals surface area contributed by atoms with Crippen molar-refractivity contribution in [3.05, 3.63) is 94.8 Å². The molecule has 2 unspecified atom stereocenters. The van der Waals surface area contributed by atoms with Gasteiger partial charge in [-0.05, 0) is 65.9 Å². The van der Waals surface area contributed by atoms with E-state index in [9.17, 15) is 14.7 Å². The molecule has 1 N–H and O–H groups in total. The number of aliphatic hydroxyl groups is 1. The average molecular weight is 499 g/mol. The van der Waals surface area contributed by atoms with Gasteiger partial charge >= 0.3 is 0 Å². The van der Waals surface area contributed by atoms with E-state index >= 15 is 0 Å². The molecule has 3 heterocycles. The van der Waals surface area contributed by atoms with Crippen molar-refractivity contribution in [2.24, 2.45) is 5.92 Å². The number of aliphatic hydroxyl groups excluding tert-OH is 1. The van der Waals surface area contributed by atoms with Gasteiger partial charge in [-0.2, -0.15) is 0 Å². The second-order valence-corrected chi connectivity index (χ2v) is 10.0. The Bertz CT molecular complexity index is 1370. The number of carbonyl (C=O) groups is 2. The summed E-state index contributed by atoms with van der Waals surface area (Å²) in [7, 11) is 0. The van der Waals surface area contributed by atoms with E-state index in [4.69, 9.17) is 9.47 Å². The van der Waals surface area contributed by atoms with Gasteiger partial charge in [0.15, 0.2) is 0 Å². The molecule has 7 nitrogen and oxygen atoms in total. The van der Waals surface area contributed by atoms with Gasteiger partial charge in [0.1, 0.15) is 23.4 Å². The van der Waals surface area contributed by atoms with Crippen LogP contribution >= 0.6 is 0 Å². The molecule has 1 fully saturated rings. The largest absolute Gasteiger partial charge is 0.507 e. The lowest BCUT2D eigenvalue weighted by Crippen LogP contribution is -2.29. The van der Waals surface area contributed by atoms with Crippen molar-refractivity contribution in [1.29, 1.82) is 0 Å². The lowest BCUT2D eigenvalue weighted by Gasteiger charge is -2.26. The summed E-state index contributed by atoms with van der Waals surface area (Å²) in [6, 6.07) is 15.6. The molecule has 0 aliphatic carbocycles. The molecule has 0 saturated carbocycles. The number of aromatic nitrogens is 1. The van der Waals surface area contributed by atoms with Crippen LogP contribution in [0.4, 0.5) is 0 Å². The maximum absolute atomic E-state index is 13.4. The van der Waals surface area contributed by atoms with E-state index in [1.54, 1.807) is 30.6 Å². The Morgan fingerprint density at radius 2 is 2.00 bits per heavy atom. The molecule has 1 amide bonds. The monoisotopic (exact) mass is 498 g/mol. The number of ether oxygens (including phenoxy) is 2. The zero-order valence-corrected chi connectivity index (χ0v) is 21.2. The number of pyridine rings is 1. The van der Waals surface area contributed by atoms with E-state index < -0.39 is 17.7 Å². The number of benzene rings is 2. The van der Waals surface area contributed by atoms with Crippen LogP contribution < -0.4 is 9.47 Å². The predicted molar refractivity (Wildman–Crippen MR) is 139 cm³/mol. The van der Waals surface area contributed by atoms with Crippen LogP contribution in [0.25, 0.3) is 5.76 Å². The van der Waals surface area contributed by atoms with Crippen LogP contribution in [0.15, 0.2) is 72.6 Å². The van der Waals surface area contributed by atoms with Gasteiger partial charge in [0.05, 0.1) is 18.2 Å². The van der Waals surface area contributed by atoms with Crippen LogP contribution in [0, 0.1) is 5.92 Å². The van der Waals surface area contributed by atoms with Crippen molar-refractivity contribution in [3.8, 4) is 11.5 Å². The van der Waals surface area contributed by atoms with Gasteiger partial charge in [-0.15, -0.1) is 0 Å². The number of hydrogen-bond donors (Lipinski definition) is 1. The van der Waals surface area contributed by atoms with Gasteiger partial charge in [0, 0.05) is 30.9 Å². The Morgan fingerprint density at radius 3 is 2.76 bits per heavy atom. The van der Waals surface area contributed by atoms with E-state index in [-0.39, 0.29) is 24.0 Å². The summed E-state index contributed by atoms with van der Waals surface area (Å²) in [5.74, 6) is 0.167. The summed E-state index contributed by atoms with van der Waals surface area (Å²) < 4.78 is 11.7. The van der Waals surface area contributed by atoms with Gasteiger partial charge < -0.3 is 19.5 Å². The zero-order chi connectivity index (χ0) is 26.1. The average Bonchev–Trinajstić information content (AvgIpc) is 3.39. The number of carbonyl (C=O) groups excluding carboxylic acids is 2. The summed E-state index contributed by atoms with van der Waals surface area (Å²) in [6.07, 6.45) is 4.08. The Kier molecular flexibility index (Phi) is 6.70. The predicted octanol–water partition coefficient (Wildman–Crippen LogP) is 5.06. The van der Waals surface area contributed by atoms with Crippen LogP contribution in [-0.2, 0) is 22.6 Å². The van der Waals surface area contributed by atoms with Crippen LogP contribution in [0.5, 0.6) is 11.5 Å². The molecule has 5 rings (SSSR count). The molecule has 2 atom stereocenters. The van der Waals surface area contributed by atoms with E-state index in [0.29, 0.717) is 35.8 Å². The van der Waals surface area contributed by atoms with E-state index in [1.165, 1.54) is 4.90 Å². The maximum Gasteiger partial charge on any atom is 0.295 e. The van der Waals surface area contributed by atoms with Gasteiger partial charge in [-0.3, -0.25) is 14.6 Å². The standard InChI is InChI=1S/C30H30N2O5/c1-18(2)17-36-24-8-4-7-21(14-24)27-26(28(33)22-9-10-25-23(13-22)12-19(3)37-25)29(34)30(35)32(27)16-20-6-5-11-31-15-20/h4-11,13-15,18-19,27,33H,12,16-17H2,1-3H3/b28-26-. The third-order valence-corrected chi connectivity index (χ3v) is 6.54. The summed E-state index contributed by atoms with van der Waals surface area (Å²) in [6.45, 7) is 6.82. The van der Waals surface area contributed by atoms with Crippen molar-refractivity contribution in [3.63, 3.8) is 0 Å². The number of hydrogen-bond acceptors (Lipinski definition) is 6. The van der Waals surface area contributed by atoms with Crippen LogP contribution in [-0.4, -0.2) is 39.4 Å². The topological polar surface area (TPSA) is 89.0 Å². The molecule has 2 aromatic carbocycles. The molecule has 0 radical (unpaired) electrons. The highest BCUT2D eigenvalue weighted by molar-refractivity contribution is 6.46. The molecule has 1 saturated heterocycles. The normalized spacial score (nSPS) is 20.3. The maximum atomic E-state index is 13.4. The number of amides is 1. The molecule has 2 aliphatic rings. The number of nitrogens with zero attached hydrogens (tertiary/aromatic N) is 2. The summed E-state index contributed by atoms with van der Waals surface area (Å²) in [5.41, 5.74) is 2.96. The van der Waals surface area contributed by atoms with E-state index in [0.717, 1.165) is 16.9 Å². The van der Waals surface area contributed by atoms with Crippen molar-refractivity contribution in [2.45, 2.75) is 45.9 Å². The first kappa shape index (κ1) is 24.6. The summed E-state index contributed by atoms with van der Waals surface area (Å²) in [5, 5.41) is 11.5. The van der Waals surface area contributed by atoms with Crippen molar-refractivity contribution < 1.29 is 24.2 Å². The first-order valence-corrected chi connectivity index (χ1v) is 12.5. The molecular formula is C30H30N2O5. The Hall–Kier alpha value is -4.13. The molecular weight excluding hydrogens is 468 g/mol. The van der Waals surface area contributed by atoms with E-state index in [2.05, 4.69) is 18.8 Å². The molecule has 7 heteroatoms. The van der Waals surface area contributed by atoms with Gasteiger partial charge in [0.2, 0.25) is 0 Å². The Morgan fingerprint density at radius 1 is 1.16 bits per heavy atom. The second kappa shape index (κ2) is 10.1. The number of fused-ring (bicyclic) bond motifs is 1. The highest BCUT2D eigenvalue weighted by atomic mass is 16.5. The Balaban J connectivity index is 1.60. The molecule has 0 spiro atoms. The lowest BCUT2D eigenvalue weighted by atomic mass is 9.94. The first-order chi connectivity index (χ1) is 17.8. The highest BCUT2D eigenvalue weighted by Crippen LogP contribution is 2.42. The van der Waals surface area contributed by atoms with Crippen LogP contribution in [0.2, 0.25) is 0 Å². The Labute approximate surface area is 216 Å². The molecule has 3 aromatic rings. The van der Waals surface area contributed by atoms with E-state index in [1.807, 2.05) is 43.3 Å². The lowest BCUT2D eigenvalue weighted by molar-refractivity contribution is -0.140. The highest BCUT2D eigenvalue weighted by Gasteiger charge is 2.46. The number of rotatable bonds is 7. The van der Waals surface area contributed by atoms with Crippen molar-refractivity contribution >= 4 is 17.4 Å². The van der Waals surface area contributed by atoms with Crippen LogP contribution in [0.1, 0.15) is 49.1 Å². The summed E-state index contributed by atoms with van der Waals surface area (Å²) >= 11 is 0. The summed E-state index contributed by atoms with van der Waals surface area (Å²) in [4.78, 5) is 32.4. The smallest absolute Gasteiger partial charge is 0.295 e. The zero-order valence-electron chi connectivity index (χ0n) is 21.2. The molecule has 0 bridgehead atoms. The number of ketones is 1.